The zero-order chi connectivity index (χ0) is 12.4. The molecule has 0 saturated heterocycles. The molecule has 18 heavy (non-hydrogen) atoms. The number of aromatic nitrogens is 1. The fourth-order valence-electron chi connectivity index (χ4n) is 2.56. The molecule has 0 atom stereocenters. The van der Waals surface area contributed by atoms with E-state index in [0.29, 0.717) is 5.88 Å². The normalized spacial score (nSPS) is 18.7. The van der Waals surface area contributed by atoms with E-state index in [1.165, 1.54) is 6.42 Å². The Morgan fingerprint density at radius 2 is 1.78 bits per heavy atom. The Bertz CT molecular complexity index is 547. The van der Waals surface area contributed by atoms with Gasteiger partial charge in [0, 0.05) is 24.3 Å². The monoisotopic (exact) mass is 242 g/mol. The van der Waals surface area contributed by atoms with Gasteiger partial charge in [-0.25, -0.2) is 4.98 Å². The number of para-hydroxylation sites is 1. The molecule has 94 valence electrons. The molecule has 1 heterocycles. The molecule has 0 unspecified atom stereocenters. The van der Waals surface area contributed by atoms with Crippen LogP contribution in [0.5, 0.6) is 5.88 Å². The van der Waals surface area contributed by atoms with Crippen molar-refractivity contribution < 1.29 is 4.74 Å². The van der Waals surface area contributed by atoms with Gasteiger partial charge in [0.25, 0.3) is 0 Å². The van der Waals surface area contributed by atoms with Gasteiger partial charge in [0.05, 0.1) is 5.52 Å². The minimum Gasteiger partial charge on any atom is -0.456 e. The van der Waals surface area contributed by atoms with Crippen molar-refractivity contribution in [2.75, 3.05) is 0 Å². The highest BCUT2D eigenvalue weighted by atomic mass is 16.5. The van der Waals surface area contributed by atoms with Crippen molar-refractivity contribution in [1.82, 2.24) is 4.98 Å². The van der Waals surface area contributed by atoms with Crippen molar-refractivity contribution in [2.24, 2.45) is 5.73 Å². The fourth-order valence-corrected chi connectivity index (χ4v) is 2.56. The summed E-state index contributed by atoms with van der Waals surface area (Å²) in [5.74, 6) is 0.637. The van der Waals surface area contributed by atoms with Crippen LogP contribution >= 0.6 is 0 Å². The van der Waals surface area contributed by atoms with Gasteiger partial charge in [0.15, 0.2) is 5.72 Å². The molecule has 0 amide bonds. The van der Waals surface area contributed by atoms with Crippen LogP contribution in [0.3, 0.4) is 0 Å². The number of nitrogens with zero attached hydrogens (tertiary/aromatic N) is 1. The van der Waals surface area contributed by atoms with Crippen molar-refractivity contribution in [3.63, 3.8) is 0 Å². The van der Waals surface area contributed by atoms with Crippen LogP contribution in [0.15, 0.2) is 36.4 Å². The van der Waals surface area contributed by atoms with Gasteiger partial charge in [-0.15, -0.1) is 0 Å². The van der Waals surface area contributed by atoms with E-state index in [-0.39, 0.29) is 0 Å². The second-order valence-corrected chi connectivity index (χ2v) is 5.07. The smallest absolute Gasteiger partial charge is 0.215 e. The number of hydrogen-bond donors (Lipinski definition) is 1. The van der Waals surface area contributed by atoms with Gasteiger partial charge in [-0.2, -0.15) is 0 Å². The predicted molar refractivity (Wildman–Crippen MR) is 72.4 cm³/mol. The van der Waals surface area contributed by atoms with E-state index >= 15 is 0 Å². The van der Waals surface area contributed by atoms with E-state index in [9.17, 15) is 0 Å². The van der Waals surface area contributed by atoms with E-state index in [1.54, 1.807) is 0 Å². The summed E-state index contributed by atoms with van der Waals surface area (Å²) in [4.78, 5) is 4.51. The minimum absolute atomic E-state index is 0.520. The van der Waals surface area contributed by atoms with Crippen LogP contribution in [0.4, 0.5) is 0 Å². The van der Waals surface area contributed by atoms with Gasteiger partial charge >= 0.3 is 0 Å². The molecule has 2 aromatic rings. The van der Waals surface area contributed by atoms with Crippen molar-refractivity contribution >= 4 is 10.9 Å². The summed E-state index contributed by atoms with van der Waals surface area (Å²) in [6.07, 6.45) is 5.38. The van der Waals surface area contributed by atoms with Gasteiger partial charge in [-0.05, 0) is 25.0 Å². The number of nitrogens with two attached hydrogens (primary N) is 1. The molecule has 1 aromatic carbocycles. The Morgan fingerprint density at radius 1 is 1.00 bits per heavy atom. The summed E-state index contributed by atoms with van der Waals surface area (Å²) >= 11 is 0. The first-order chi connectivity index (χ1) is 8.75. The van der Waals surface area contributed by atoms with Crippen molar-refractivity contribution in [3.05, 3.63) is 36.4 Å². The highest BCUT2D eigenvalue weighted by Crippen LogP contribution is 2.28. The fraction of sp³-hybridized carbons (Fsp3) is 0.400. The number of ether oxygens (including phenoxy) is 1. The van der Waals surface area contributed by atoms with Crippen molar-refractivity contribution in [3.8, 4) is 5.88 Å². The first-order valence-electron chi connectivity index (χ1n) is 6.59. The lowest BCUT2D eigenvalue weighted by Crippen LogP contribution is -2.47. The average molecular weight is 242 g/mol. The average Bonchev–Trinajstić information content (AvgIpc) is 2.39. The van der Waals surface area contributed by atoms with Crippen LogP contribution in [0, 0.1) is 0 Å². The van der Waals surface area contributed by atoms with E-state index in [2.05, 4.69) is 4.98 Å². The standard InChI is InChI=1S/C15H18N2O/c16-15(10-4-1-5-11-15)18-14-9-8-12-6-2-3-7-13(12)17-14/h2-3,6-9H,1,4-5,10-11,16H2. The molecule has 3 rings (SSSR count). The van der Waals surface area contributed by atoms with Crippen LogP contribution in [0.2, 0.25) is 0 Å². The van der Waals surface area contributed by atoms with Crippen molar-refractivity contribution in [1.29, 1.82) is 0 Å². The van der Waals surface area contributed by atoms with Crippen LogP contribution < -0.4 is 10.5 Å². The maximum absolute atomic E-state index is 6.27. The van der Waals surface area contributed by atoms with E-state index < -0.39 is 5.72 Å². The first-order valence-corrected chi connectivity index (χ1v) is 6.59. The van der Waals surface area contributed by atoms with Crippen LogP contribution in [-0.2, 0) is 0 Å². The molecule has 0 spiro atoms. The van der Waals surface area contributed by atoms with Gasteiger partial charge in [0.2, 0.25) is 5.88 Å². The van der Waals surface area contributed by atoms with Crippen molar-refractivity contribution in [2.45, 2.75) is 37.8 Å². The summed E-state index contributed by atoms with van der Waals surface area (Å²) in [6.45, 7) is 0. The Morgan fingerprint density at radius 3 is 2.61 bits per heavy atom. The Balaban J connectivity index is 1.85. The third-order valence-corrected chi connectivity index (χ3v) is 3.58. The van der Waals surface area contributed by atoms with Gasteiger partial charge in [0.1, 0.15) is 0 Å². The number of rotatable bonds is 2. The molecular formula is C15H18N2O. The lowest BCUT2D eigenvalue weighted by atomic mass is 9.92. The molecule has 0 aliphatic heterocycles. The molecule has 2 N–H and O–H groups in total. The summed E-state index contributed by atoms with van der Waals surface area (Å²) in [5, 5.41) is 1.12. The number of benzene rings is 1. The van der Waals surface area contributed by atoms with Gasteiger partial charge in [-0.1, -0.05) is 24.6 Å². The zero-order valence-corrected chi connectivity index (χ0v) is 10.4. The largest absolute Gasteiger partial charge is 0.456 e. The molecule has 1 aliphatic carbocycles. The SMILES string of the molecule is NC1(Oc2ccc3ccccc3n2)CCCCC1. The van der Waals surface area contributed by atoms with E-state index in [1.807, 2.05) is 36.4 Å². The van der Waals surface area contributed by atoms with Gasteiger partial charge < -0.3 is 4.74 Å². The quantitative estimate of drug-likeness (QED) is 0.822. The summed E-state index contributed by atoms with van der Waals surface area (Å²) < 4.78 is 5.92. The molecule has 1 aliphatic rings. The minimum atomic E-state index is -0.520. The predicted octanol–water partition coefficient (Wildman–Crippen LogP) is 3.23. The molecule has 0 radical (unpaired) electrons. The summed E-state index contributed by atoms with van der Waals surface area (Å²) in [7, 11) is 0. The Labute approximate surface area is 107 Å². The molecule has 0 bridgehead atoms. The first kappa shape index (κ1) is 11.5. The molecular weight excluding hydrogens is 224 g/mol. The molecule has 3 heteroatoms. The Kier molecular flexibility index (Phi) is 2.92. The third kappa shape index (κ3) is 2.31. The number of fused-ring (bicyclic) bond motifs is 1. The van der Waals surface area contributed by atoms with Crippen LogP contribution in [0.25, 0.3) is 10.9 Å². The van der Waals surface area contributed by atoms with Gasteiger partial charge in [-0.3, -0.25) is 5.73 Å². The highest BCUT2D eigenvalue weighted by Gasteiger charge is 2.29. The second-order valence-electron chi connectivity index (χ2n) is 5.07. The number of pyridine rings is 1. The second kappa shape index (κ2) is 4.58. The van der Waals surface area contributed by atoms with Crippen LogP contribution in [0.1, 0.15) is 32.1 Å². The lowest BCUT2D eigenvalue weighted by Gasteiger charge is -2.33. The lowest BCUT2D eigenvalue weighted by molar-refractivity contribution is 0.0324. The maximum Gasteiger partial charge on any atom is 0.215 e. The highest BCUT2D eigenvalue weighted by molar-refractivity contribution is 5.78. The molecule has 3 nitrogen and oxygen atoms in total. The maximum atomic E-state index is 6.27. The topological polar surface area (TPSA) is 48.1 Å². The third-order valence-electron chi connectivity index (χ3n) is 3.58. The number of hydrogen-bond acceptors (Lipinski definition) is 3. The summed E-state index contributed by atoms with van der Waals surface area (Å²) in [5.41, 5.74) is 6.71. The Hall–Kier alpha value is -1.61. The van der Waals surface area contributed by atoms with E-state index in [0.717, 1.165) is 36.6 Å². The molecule has 1 aromatic heterocycles. The van der Waals surface area contributed by atoms with E-state index in [4.69, 9.17) is 10.5 Å². The molecule has 1 fully saturated rings. The van der Waals surface area contributed by atoms with Crippen LogP contribution in [-0.4, -0.2) is 10.7 Å². The zero-order valence-electron chi connectivity index (χ0n) is 10.4. The summed E-state index contributed by atoms with van der Waals surface area (Å²) in [6, 6.07) is 12.0. The molecule has 1 saturated carbocycles.